The van der Waals surface area contributed by atoms with Gasteiger partial charge < -0.3 is 0 Å². The monoisotopic (exact) mass is 377 g/mol. The second-order valence-electron chi connectivity index (χ2n) is 5.52. The Bertz CT molecular complexity index is 921. The van der Waals surface area contributed by atoms with Crippen LogP contribution in [0.1, 0.15) is 21.8 Å². The lowest BCUT2D eigenvalue weighted by Crippen LogP contribution is -2.08. The Morgan fingerprint density at radius 2 is 1.67 bits per heavy atom. The van der Waals surface area contributed by atoms with Crippen molar-refractivity contribution in [3.63, 3.8) is 0 Å². The van der Waals surface area contributed by atoms with Crippen LogP contribution in [0.4, 0.5) is 0 Å². The molecule has 6 heteroatoms. The maximum Gasteiger partial charge on any atom is 0.160 e. The summed E-state index contributed by atoms with van der Waals surface area (Å²) < 4.78 is 24.8. The van der Waals surface area contributed by atoms with E-state index >= 15 is 0 Å². The maximum absolute atomic E-state index is 12.4. The van der Waals surface area contributed by atoms with Gasteiger partial charge in [-0.05, 0) is 17.2 Å². The lowest BCUT2D eigenvalue weighted by molar-refractivity contribution is 0.594. The van der Waals surface area contributed by atoms with E-state index in [-0.39, 0.29) is 11.5 Å². The van der Waals surface area contributed by atoms with Crippen LogP contribution in [0.3, 0.4) is 0 Å². The topological polar surface area (TPSA) is 47.0 Å². The van der Waals surface area contributed by atoms with Gasteiger partial charge in [0.2, 0.25) is 0 Å². The first kappa shape index (κ1) is 17.1. The molecule has 0 aliphatic heterocycles. The van der Waals surface area contributed by atoms with Crippen LogP contribution in [0, 0.1) is 0 Å². The smallest absolute Gasteiger partial charge is 0.160 e. The largest absolute Gasteiger partial charge is 0.245 e. The van der Waals surface area contributed by atoms with Crippen LogP contribution in [0.2, 0.25) is 5.02 Å². The molecule has 0 aliphatic rings. The molecule has 3 rings (SSSR count). The van der Waals surface area contributed by atoms with Crippen molar-refractivity contribution in [2.24, 2.45) is 0 Å². The molecule has 0 saturated heterocycles. The average Bonchev–Trinajstić information content (AvgIpc) is 2.96. The molecule has 0 radical (unpaired) electrons. The molecule has 1 aromatic heterocycles. The number of nitrogens with zero attached hydrogens (tertiary/aromatic N) is 1. The van der Waals surface area contributed by atoms with Gasteiger partial charge in [-0.2, -0.15) is 0 Å². The van der Waals surface area contributed by atoms with Crippen molar-refractivity contribution in [2.45, 2.75) is 17.9 Å². The van der Waals surface area contributed by atoms with E-state index in [1.807, 2.05) is 35.7 Å². The molecular weight excluding hydrogens is 362 g/mol. The average molecular weight is 378 g/mol. The van der Waals surface area contributed by atoms with Crippen molar-refractivity contribution in [3.8, 4) is 0 Å². The molecule has 3 nitrogen and oxygen atoms in total. The second kappa shape index (κ2) is 7.47. The minimum absolute atomic E-state index is 0.0660. The molecule has 0 bridgehead atoms. The number of hydrogen-bond donors (Lipinski definition) is 0. The summed E-state index contributed by atoms with van der Waals surface area (Å²) in [6.45, 7) is 0. The fourth-order valence-electron chi connectivity index (χ4n) is 2.40. The quantitative estimate of drug-likeness (QED) is 0.635. The van der Waals surface area contributed by atoms with Crippen LogP contribution in [0.25, 0.3) is 0 Å². The molecule has 0 atom stereocenters. The van der Waals surface area contributed by atoms with Gasteiger partial charge in [0.1, 0.15) is 0 Å². The molecule has 24 heavy (non-hydrogen) atoms. The Labute approximate surface area is 150 Å². The molecule has 3 aromatic rings. The van der Waals surface area contributed by atoms with Crippen molar-refractivity contribution >= 4 is 32.8 Å². The fraction of sp³-hybridized carbons (Fsp3) is 0.167. The van der Waals surface area contributed by atoms with Crippen molar-refractivity contribution in [1.29, 1.82) is 0 Å². The highest BCUT2D eigenvalue weighted by atomic mass is 35.5. The maximum atomic E-state index is 12.4. The molecule has 0 amide bonds. The zero-order valence-corrected chi connectivity index (χ0v) is 15.2. The van der Waals surface area contributed by atoms with Crippen LogP contribution < -0.4 is 0 Å². The van der Waals surface area contributed by atoms with Gasteiger partial charge in [-0.1, -0.05) is 60.1 Å². The predicted octanol–water partition coefficient (Wildman–Crippen LogP) is 4.50. The van der Waals surface area contributed by atoms with Crippen molar-refractivity contribution in [2.75, 3.05) is 0 Å². The van der Waals surface area contributed by atoms with Gasteiger partial charge in [-0.25, -0.2) is 13.4 Å². The lowest BCUT2D eigenvalue weighted by atomic mass is 10.2. The Kier molecular flexibility index (Phi) is 5.33. The SMILES string of the molecule is O=S(=O)(Cc1csc(Cc2ccccc2)n1)Cc1ccccc1Cl. The number of aromatic nitrogens is 1. The van der Waals surface area contributed by atoms with Gasteiger partial charge in [-0.3, -0.25) is 0 Å². The summed E-state index contributed by atoms with van der Waals surface area (Å²) in [5.74, 6) is -0.137. The number of thiazole rings is 1. The van der Waals surface area contributed by atoms with Gasteiger partial charge in [0, 0.05) is 16.8 Å². The van der Waals surface area contributed by atoms with E-state index in [4.69, 9.17) is 11.6 Å². The van der Waals surface area contributed by atoms with Crippen LogP contribution in [0.15, 0.2) is 60.0 Å². The summed E-state index contributed by atoms with van der Waals surface area (Å²) in [6, 6.07) is 17.0. The van der Waals surface area contributed by atoms with E-state index in [1.54, 1.807) is 24.3 Å². The van der Waals surface area contributed by atoms with E-state index in [0.717, 1.165) is 17.0 Å². The van der Waals surface area contributed by atoms with E-state index in [2.05, 4.69) is 4.98 Å². The molecule has 0 saturated carbocycles. The third kappa shape index (κ3) is 4.66. The highest BCUT2D eigenvalue weighted by molar-refractivity contribution is 7.89. The molecule has 0 N–H and O–H groups in total. The second-order valence-corrected chi connectivity index (χ2v) is 8.93. The lowest BCUT2D eigenvalue weighted by Gasteiger charge is -2.04. The zero-order chi connectivity index (χ0) is 17.0. The van der Waals surface area contributed by atoms with E-state index in [9.17, 15) is 8.42 Å². The molecule has 1 heterocycles. The molecule has 0 unspecified atom stereocenters. The fourth-order valence-corrected chi connectivity index (χ4v) is 5.04. The van der Waals surface area contributed by atoms with Gasteiger partial charge >= 0.3 is 0 Å². The summed E-state index contributed by atoms with van der Waals surface area (Å²) in [7, 11) is -3.31. The van der Waals surface area contributed by atoms with Crippen molar-refractivity contribution in [1.82, 2.24) is 4.98 Å². The Morgan fingerprint density at radius 1 is 0.958 bits per heavy atom. The first-order chi connectivity index (χ1) is 11.5. The number of halogens is 1. The predicted molar refractivity (Wildman–Crippen MR) is 99.1 cm³/mol. The number of sulfone groups is 1. The summed E-state index contributed by atoms with van der Waals surface area (Å²) in [4.78, 5) is 4.46. The third-order valence-corrected chi connectivity index (χ3v) is 6.25. The summed E-state index contributed by atoms with van der Waals surface area (Å²) in [6.07, 6.45) is 0.718. The zero-order valence-electron chi connectivity index (χ0n) is 12.9. The summed E-state index contributed by atoms with van der Waals surface area (Å²) >= 11 is 7.54. The van der Waals surface area contributed by atoms with Gasteiger partial charge in [0.15, 0.2) is 9.84 Å². The first-order valence-electron chi connectivity index (χ1n) is 7.43. The highest BCUT2D eigenvalue weighted by Gasteiger charge is 2.17. The van der Waals surface area contributed by atoms with E-state index in [0.29, 0.717) is 16.3 Å². The Hall–Kier alpha value is -1.69. The summed E-state index contributed by atoms with van der Waals surface area (Å²) in [5, 5.41) is 3.22. The molecule has 0 spiro atoms. The number of hydrogen-bond acceptors (Lipinski definition) is 4. The molecule has 124 valence electrons. The minimum Gasteiger partial charge on any atom is -0.245 e. The normalized spacial score (nSPS) is 11.5. The van der Waals surface area contributed by atoms with Gasteiger partial charge in [0.05, 0.1) is 22.2 Å². The standard InChI is InChI=1S/C18H16ClNO2S2/c19-17-9-5-4-8-15(17)12-24(21,22)13-16-11-23-18(20-16)10-14-6-2-1-3-7-14/h1-9,11H,10,12-13H2. The van der Waals surface area contributed by atoms with Gasteiger partial charge in [0.25, 0.3) is 0 Å². The first-order valence-corrected chi connectivity index (χ1v) is 10.5. The highest BCUT2D eigenvalue weighted by Crippen LogP contribution is 2.21. The van der Waals surface area contributed by atoms with E-state index < -0.39 is 9.84 Å². The number of rotatable bonds is 6. The van der Waals surface area contributed by atoms with Crippen LogP contribution in [-0.2, 0) is 27.8 Å². The Balaban J connectivity index is 1.68. The molecule has 0 fully saturated rings. The third-order valence-electron chi connectivity index (χ3n) is 3.50. The molecule has 0 aliphatic carbocycles. The summed E-state index contributed by atoms with van der Waals surface area (Å²) in [5.41, 5.74) is 2.38. The Morgan fingerprint density at radius 3 is 2.42 bits per heavy atom. The van der Waals surface area contributed by atoms with E-state index in [1.165, 1.54) is 11.3 Å². The van der Waals surface area contributed by atoms with Crippen molar-refractivity contribution in [3.05, 3.63) is 86.8 Å². The number of benzene rings is 2. The molecular formula is C18H16ClNO2S2. The van der Waals surface area contributed by atoms with Crippen LogP contribution in [0.5, 0.6) is 0 Å². The minimum atomic E-state index is -3.31. The van der Waals surface area contributed by atoms with Crippen LogP contribution in [-0.4, -0.2) is 13.4 Å². The van der Waals surface area contributed by atoms with Crippen molar-refractivity contribution < 1.29 is 8.42 Å². The van der Waals surface area contributed by atoms with Gasteiger partial charge in [-0.15, -0.1) is 11.3 Å². The molecule has 2 aromatic carbocycles. The van der Waals surface area contributed by atoms with Crippen LogP contribution >= 0.6 is 22.9 Å².